The molecule has 194 valence electrons. The van der Waals surface area contributed by atoms with Crippen LogP contribution in [0.15, 0.2) is 55.0 Å². The highest BCUT2D eigenvalue weighted by Crippen LogP contribution is 2.30. The van der Waals surface area contributed by atoms with E-state index < -0.39 is 5.97 Å². The Labute approximate surface area is 216 Å². The van der Waals surface area contributed by atoms with Crippen molar-refractivity contribution in [3.63, 3.8) is 0 Å². The summed E-state index contributed by atoms with van der Waals surface area (Å²) in [5.41, 5.74) is 9.64. The molecule has 5 N–H and O–H groups in total. The Bertz CT molecular complexity index is 1210. The molecule has 10 nitrogen and oxygen atoms in total. The first-order chi connectivity index (χ1) is 18.1. The van der Waals surface area contributed by atoms with Gasteiger partial charge in [0.25, 0.3) is 0 Å². The van der Waals surface area contributed by atoms with Crippen molar-refractivity contribution >= 4 is 23.4 Å². The number of carboxylic acids is 1. The summed E-state index contributed by atoms with van der Waals surface area (Å²) in [6, 6.07) is 13.1. The van der Waals surface area contributed by atoms with Gasteiger partial charge in [0.1, 0.15) is 5.82 Å². The number of piperidine rings is 2. The molecule has 37 heavy (non-hydrogen) atoms. The van der Waals surface area contributed by atoms with E-state index in [0.29, 0.717) is 24.6 Å². The number of nitrogens with one attached hydrogen (secondary N) is 2. The van der Waals surface area contributed by atoms with Crippen molar-refractivity contribution in [1.29, 1.82) is 0 Å². The largest absolute Gasteiger partial charge is 0.480 e. The number of nitrogens with two attached hydrogens (primary N) is 1. The second-order valence-corrected chi connectivity index (χ2v) is 9.76. The Morgan fingerprint density at radius 2 is 1.81 bits per heavy atom. The topological polar surface area (TPSA) is 133 Å². The van der Waals surface area contributed by atoms with Crippen LogP contribution in [0.2, 0.25) is 0 Å². The molecule has 0 radical (unpaired) electrons. The minimum absolute atomic E-state index is 0.141. The summed E-state index contributed by atoms with van der Waals surface area (Å²) in [5, 5.41) is 15.8. The summed E-state index contributed by atoms with van der Waals surface area (Å²) in [5.74, 6) is 0.606. The Hall–Kier alpha value is -3.60. The summed E-state index contributed by atoms with van der Waals surface area (Å²) < 4.78 is 0. The molecule has 2 unspecified atom stereocenters. The smallest absolute Gasteiger partial charge is 0.317 e. The number of aliphatic carboxylic acids is 1. The Kier molecular flexibility index (Phi) is 7.88. The van der Waals surface area contributed by atoms with E-state index >= 15 is 0 Å². The van der Waals surface area contributed by atoms with Crippen LogP contribution in [-0.2, 0) is 11.3 Å². The number of anilines is 3. The van der Waals surface area contributed by atoms with Crippen LogP contribution in [0.3, 0.4) is 0 Å². The second-order valence-electron chi connectivity index (χ2n) is 9.76. The molecule has 5 heterocycles. The third kappa shape index (κ3) is 6.40. The first-order valence-electron chi connectivity index (χ1n) is 12.9. The number of nitrogens with zero attached hydrogens (tertiary/aromatic N) is 5. The summed E-state index contributed by atoms with van der Waals surface area (Å²) in [7, 11) is 0. The molecule has 0 saturated carbocycles. The van der Waals surface area contributed by atoms with Crippen molar-refractivity contribution in [2.75, 3.05) is 43.4 Å². The van der Waals surface area contributed by atoms with Crippen molar-refractivity contribution in [3.05, 3.63) is 60.6 Å². The van der Waals surface area contributed by atoms with Crippen molar-refractivity contribution < 1.29 is 9.90 Å². The number of hydrogen-bond acceptors (Lipinski definition) is 9. The number of rotatable bonds is 11. The molecular weight excluding hydrogens is 468 g/mol. The van der Waals surface area contributed by atoms with Crippen LogP contribution in [0.4, 0.5) is 17.5 Å². The fourth-order valence-electron chi connectivity index (χ4n) is 5.24. The Balaban J connectivity index is 1.21. The molecule has 3 aliphatic rings. The van der Waals surface area contributed by atoms with Gasteiger partial charge in [-0.05, 0) is 61.2 Å². The summed E-state index contributed by atoms with van der Waals surface area (Å²) in [6.45, 7) is 4.13. The molecule has 0 amide bonds. The lowest BCUT2D eigenvalue weighted by Gasteiger charge is -2.51. The lowest BCUT2D eigenvalue weighted by atomic mass is 9.90. The molecule has 0 aliphatic carbocycles. The van der Waals surface area contributed by atoms with Gasteiger partial charge in [0.05, 0.1) is 6.54 Å². The third-order valence-corrected chi connectivity index (χ3v) is 7.09. The first kappa shape index (κ1) is 25.1. The number of carbonyl (C=O) groups is 1. The van der Waals surface area contributed by atoms with Crippen LogP contribution >= 0.6 is 0 Å². The maximum atomic E-state index is 11.2. The molecule has 3 aliphatic heterocycles. The van der Waals surface area contributed by atoms with E-state index in [2.05, 4.69) is 53.6 Å². The van der Waals surface area contributed by atoms with Gasteiger partial charge < -0.3 is 21.5 Å². The summed E-state index contributed by atoms with van der Waals surface area (Å²) >= 11 is 0. The fourth-order valence-corrected chi connectivity index (χ4v) is 5.24. The van der Waals surface area contributed by atoms with Crippen LogP contribution in [0.5, 0.6) is 0 Å². The fraction of sp³-hybridized carbons (Fsp3) is 0.407. The SMILES string of the molecule is NCCCNc1ncc(-c2ccnc(Nc3cccc(CN4CC5CCC4CN5CC(=O)O)c3)c2)cn1. The predicted molar refractivity (Wildman–Crippen MR) is 144 cm³/mol. The van der Waals surface area contributed by atoms with Crippen LogP contribution in [0.25, 0.3) is 11.1 Å². The summed E-state index contributed by atoms with van der Waals surface area (Å²) in [6.07, 6.45) is 8.47. The average molecular weight is 503 g/mol. The number of pyridine rings is 1. The molecule has 2 aromatic heterocycles. The van der Waals surface area contributed by atoms with E-state index in [1.165, 1.54) is 5.56 Å². The van der Waals surface area contributed by atoms with Crippen molar-refractivity contribution in [2.45, 2.75) is 37.9 Å². The lowest BCUT2D eigenvalue weighted by Crippen LogP contribution is -2.62. The standard InChI is InChI=1S/C27H34N8O2/c28-8-2-9-30-27-31-13-21(14-32-27)20-7-10-29-25(12-20)33-22-4-1-3-19(11-22)15-34-16-24-6-5-23(34)17-35(24)18-26(36)37/h1,3-4,7,10-14,23-24H,2,5-6,8-9,15-18,28H2,(H,29,33)(H,36,37)(H,30,31,32). The zero-order valence-electron chi connectivity index (χ0n) is 20.9. The highest BCUT2D eigenvalue weighted by molar-refractivity contribution is 5.69. The maximum Gasteiger partial charge on any atom is 0.317 e. The van der Waals surface area contributed by atoms with Crippen molar-refractivity contribution in [2.24, 2.45) is 5.73 Å². The third-order valence-electron chi connectivity index (χ3n) is 7.09. The number of piperazine rings is 1. The molecule has 6 rings (SSSR count). The predicted octanol–water partition coefficient (Wildman–Crippen LogP) is 2.78. The first-order valence-corrected chi connectivity index (χ1v) is 12.9. The monoisotopic (exact) mass is 502 g/mol. The molecule has 1 aromatic carbocycles. The molecule has 2 bridgehead atoms. The van der Waals surface area contributed by atoms with Crippen LogP contribution in [0.1, 0.15) is 24.8 Å². The summed E-state index contributed by atoms with van der Waals surface area (Å²) in [4.78, 5) is 29.1. The van der Waals surface area contributed by atoms with Gasteiger partial charge in [-0.15, -0.1) is 0 Å². The molecular formula is C27H34N8O2. The van der Waals surface area contributed by atoms with Crippen LogP contribution < -0.4 is 16.4 Å². The number of fused-ring (bicyclic) bond motifs is 3. The number of benzene rings is 1. The van der Waals surface area contributed by atoms with Gasteiger partial charge >= 0.3 is 5.97 Å². The highest BCUT2D eigenvalue weighted by atomic mass is 16.4. The van der Waals surface area contributed by atoms with Gasteiger partial charge in [-0.25, -0.2) is 15.0 Å². The maximum absolute atomic E-state index is 11.2. The molecule has 2 atom stereocenters. The van der Waals surface area contributed by atoms with Crippen molar-refractivity contribution in [3.8, 4) is 11.1 Å². The van der Waals surface area contributed by atoms with Crippen molar-refractivity contribution in [1.82, 2.24) is 24.8 Å². The molecule has 0 spiro atoms. The van der Waals surface area contributed by atoms with Gasteiger partial charge in [0.2, 0.25) is 5.95 Å². The van der Waals surface area contributed by atoms with E-state index in [4.69, 9.17) is 5.73 Å². The van der Waals surface area contributed by atoms with E-state index in [-0.39, 0.29) is 6.54 Å². The van der Waals surface area contributed by atoms with Gasteiger partial charge in [-0.3, -0.25) is 14.6 Å². The molecule has 10 heteroatoms. The second kappa shape index (κ2) is 11.6. The average Bonchev–Trinajstić information content (AvgIpc) is 2.90. The molecule has 3 aromatic rings. The van der Waals surface area contributed by atoms with Crippen LogP contribution in [0, 0.1) is 0 Å². The normalized spacial score (nSPS) is 19.6. The quantitative estimate of drug-likeness (QED) is 0.290. The van der Waals surface area contributed by atoms with E-state index in [9.17, 15) is 9.90 Å². The number of carboxylic acid groups (broad SMARTS) is 1. The highest BCUT2D eigenvalue weighted by Gasteiger charge is 2.39. The van der Waals surface area contributed by atoms with Gasteiger partial charge in [0.15, 0.2) is 0 Å². The van der Waals surface area contributed by atoms with Gasteiger partial charge in [0, 0.05) is 68.1 Å². The lowest BCUT2D eigenvalue weighted by molar-refractivity contribution is -0.141. The number of hydrogen-bond donors (Lipinski definition) is 4. The van der Waals surface area contributed by atoms with E-state index in [1.54, 1.807) is 18.6 Å². The molecule has 3 saturated heterocycles. The molecule has 3 fully saturated rings. The van der Waals surface area contributed by atoms with Gasteiger partial charge in [-0.2, -0.15) is 0 Å². The van der Waals surface area contributed by atoms with E-state index in [1.807, 2.05) is 18.2 Å². The Morgan fingerprint density at radius 1 is 1.03 bits per heavy atom. The number of aromatic nitrogens is 3. The zero-order valence-corrected chi connectivity index (χ0v) is 20.9. The Morgan fingerprint density at radius 3 is 2.54 bits per heavy atom. The minimum Gasteiger partial charge on any atom is -0.480 e. The minimum atomic E-state index is -0.740. The zero-order chi connectivity index (χ0) is 25.6. The van der Waals surface area contributed by atoms with E-state index in [0.717, 1.165) is 68.1 Å². The van der Waals surface area contributed by atoms with Gasteiger partial charge in [-0.1, -0.05) is 12.1 Å². The van der Waals surface area contributed by atoms with Crippen LogP contribution in [-0.4, -0.2) is 80.6 Å².